The van der Waals surface area contributed by atoms with Gasteiger partial charge in [0, 0.05) is 18.8 Å². The summed E-state index contributed by atoms with van der Waals surface area (Å²) in [5, 5.41) is 8.77. The maximum Gasteiger partial charge on any atom is 0.237 e. The number of piperidine rings is 1. The molecule has 2 saturated heterocycles. The second-order valence-electron chi connectivity index (χ2n) is 8.46. The lowest BCUT2D eigenvalue weighted by Crippen LogP contribution is -2.52. The fourth-order valence-corrected chi connectivity index (χ4v) is 5.59. The van der Waals surface area contributed by atoms with Crippen LogP contribution in [0.1, 0.15) is 63.2 Å². The van der Waals surface area contributed by atoms with Gasteiger partial charge in [-0.15, -0.1) is 10.2 Å². The molecule has 6 heteroatoms. The average Bonchev–Trinajstić information content (AvgIpc) is 3.34. The van der Waals surface area contributed by atoms with Gasteiger partial charge in [0.05, 0.1) is 12.6 Å². The van der Waals surface area contributed by atoms with Gasteiger partial charge in [0.2, 0.25) is 5.91 Å². The molecule has 3 aliphatic rings. The largest absolute Gasteiger partial charge is 0.338 e. The van der Waals surface area contributed by atoms with Crippen molar-refractivity contribution in [2.45, 2.75) is 63.5 Å². The van der Waals surface area contributed by atoms with Crippen LogP contribution in [0.2, 0.25) is 0 Å². The van der Waals surface area contributed by atoms with E-state index in [-0.39, 0.29) is 6.04 Å². The van der Waals surface area contributed by atoms with Crippen molar-refractivity contribution in [1.82, 2.24) is 24.4 Å². The highest BCUT2D eigenvalue weighted by atomic mass is 16.2. The Morgan fingerprint density at radius 1 is 1.00 bits per heavy atom. The van der Waals surface area contributed by atoms with Gasteiger partial charge in [0.15, 0.2) is 11.5 Å². The molecule has 1 saturated carbocycles. The fourth-order valence-electron chi connectivity index (χ4n) is 5.59. The molecule has 0 radical (unpaired) electrons. The fraction of sp³-hybridized carbons (Fsp3) is 0.667. The van der Waals surface area contributed by atoms with Gasteiger partial charge in [0.25, 0.3) is 0 Å². The van der Waals surface area contributed by atoms with Crippen LogP contribution < -0.4 is 0 Å². The van der Waals surface area contributed by atoms with Crippen molar-refractivity contribution in [1.29, 1.82) is 0 Å². The Balaban J connectivity index is 1.33. The standard InChI is InChI=1S/C21H29N5O/c27-20(25-14-5-8-16-7-1-2-9-17(16)25)15-24-12-6-10-18(24)21-23-22-19-11-3-4-13-26(19)21/h3-4,11,13,16-18H,1-2,5-10,12,14-15H2. The third-order valence-electron chi connectivity index (χ3n) is 6.90. The molecule has 5 rings (SSSR count). The second-order valence-corrected chi connectivity index (χ2v) is 8.46. The first-order valence-electron chi connectivity index (χ1n) is 10.6. The number of hydrogen-bond acceptors (Lipinski definition) is 4. The molecule has 3 fully saturated rings. The number of carbonyl (C=O) groups is 1. The predicted octanol–water partition coefficient (Wildman–Crippen LogP) is 3.05. The van der Waals surface area contributed by atoms with Gasteiger partial charge in [-0.05, 0) is 63.1 Å². The Kier molecular flexibility index (Phi) is 4.60. The SMILES string of the molecule is O=C(CN1CCCC1c1nnc2ccccn12)N1CCCC2CCCCC21. The van der Waals surface area contributed by atoms with Crippen molar-refractivity contribution in [3.8, 4) is 0 Å². The second kappa shape index (κ2) is 7.23. The molecular weight excluding hydrogens is 338 g/mol. The summed E-state index contributed by atoms with van der Waals surface area (Å²) in [6.07, 6.45) is 11.8. The van der Waals surface area contributed by atoms with E-state index < -0.39 is 0 Å². The topological polar surface area (TPSA) is 53.7 Å². The number of pyridine rings is 1. The number of rotatable bonds is 3. The molecule has 144 valence electrons. The van der Waals surface area contributed by atoms with Crippen LogP contribution in [0.4, 0.5) is 0 Å². The van der Waals surface area contributed by atoms with E-state index in [0.29, 0.717) is 18.5 Å². The summed E-state index contributed by atoms with van der Waals surface area (Å²) in [6.45, 7) is 2.45. The minimum absolute atomic E-state index is 0.193. The lowest BCUT2D eigenvalue weighted by molar-refractivity contribution is -0.139. The molecule has 2 aromatic rings. The molecular formula is C21H29N5O. The summed E-state index contributed by atoms with van der Waals surface area (Å²) in [6, 6.07) is 6.67. The summed E-state index contributed by atoms with van der Waals surface area (Å²) >= 11 is 0. The lowest BCUT2D eigenvalue weighted by Gasteiger charge is -2.44. The van der Waals surface area contributed by atoms with Crippen LogP contribution >= 0.6 is 0 Å². The molecule has 6 nitrogen and oxygen atoms in total. The first kappa shape index (κ1) is 17.2. The van der Waals surface area contributed by atoms with E-state index in [2.05, 4.69) is 24.4 Å². The zero-order valence-electron chi connectivity index (χ0n) is 16.0. The molecule has 27 heavy (non-hydrogen) atoms. The lowest BCUT2D eigenvalue weighted by atomic mass is 9.78. The van der Waals surface area contributed by atoms with Crippen LogP contribution in [0.5, 0.6) is 0 Å². The summed E-state index contributed by atoms with van der Waals surface area (Å²) in [7, 11) is 0. The van der Waals surface area contributed by atoms with E-state index in [4.69, 9.17) is 0 Å². The predicted molar refractivity (Wildman–Crippen MR) is 103 cm³/mol. The average molecular weight is 367 g/mol. The van der Waals surface area contributed by atoms with Gasteiger partial charge in [-0.2, -0.15) is 0 Å². The van der Waals surface area contributed by atoms with Crippen molar-refractivity contribution in [3.63, 3.8) is 0 Å². The van der Waals surface area contributed by atoms with E-state index in [9.17, 15) is 4.79 Å². The number of amides is 1. The molecule has 0 spiro atoms. The molecule has 1 aliphatic carbocycles. The zero-order valence-corrected chi connectivity index (χ0v) is 16.0. The van der Waals surface area contributed by atoms with Crippen molar-refractivity contribution < 1.29 is 4.79 Å². The Bertz CT molecular complexity index is 816. The number of fused-ring (bicyclic) bond motifs is 2. The number of carbonyl (C=O) groups excluding carboxylic acids is 1. The number of likely N-dealkylation sites (tertiary alicyclic amines) is 2. The molecule has 1 amide bonds. The van der Waals surface area contributed by atoms with Gasteiger partial charge >= 0.3 is 0 Å². The van der Waals surface area contributed by atoms with Gasteiger partial charge < -0.3 is 4.90 Å². The maximum atomic E-state index is 13.2. The molecule has 0 N–H and O–H groups in total. The molecule has 2 aromatic heterocycles. The minimum Gasteiger partial charge on any atom is -0.338 e. The van der Waals surface area contributed by atoms with Gasteiger partial charge in [-0.1, -0.05) is 18.9 Å². The van der Waals surface area contributed by atoms with Crippen molar-refractivity contribution in [3.05, 3.63) is 30.2 Å². The highest BCUT2D eigenvalue weighted by Crippen LogP contribution is 2.36. The summed E-state index contributed by atoms with van der Waals surface area (Å²) in [5.41, 5.74) is 0.881. The van der Waals surface area contributed by atoms with Crippen LogP contribution in [-0.2, 0) is 4.79 Å². The van der Waals surface area contributed by atoms with E-state index in [1.54, 1.807) is 0 Å². The maximum absolute atomic E-state index is 13.2. The Morgan fingerprint density at radius 3 is 2.81 bits per heavy atom. The van der Waals surface area contributed by atoms with Gasteiger partial charge in [0.1, 0.15) is 0 Å². The van der Waals surface area contributed by atoms with Crippen LogP contribution in [0.15, 0.2) is 24.4 Å². The molecule has 0 bridgehead atoms. The number of nitrogens with zero attached hydrogens (tertiary/aromatic N) is 5. The summed E-state index contributed by atoms with van der Waals surface area (Å²) in [4.78, 5) is 17.8. The first-order chi connectivity index (χ1) is 13.3. The smallest absolute Gasteiger partial charge is 0.237 e. The highest BCUT2D eigenvalue weighted by molar-refractivity contribution is 5.79. The monoisotopic (exact) mass is 367 g/mol. The Labute approximate surface area is 160 Å². The Morgan fingerprint density at radius 2 is 1.85 bits per heavy atom. The molecule has 3 unspecified atom stereocenters. The van der Waals surface area contributed by atoms with E-state index >= 15 is 0 Å². The van der Waals surface area contributed by atoms with Crippen molar-refractivity contribution in [2.75, 3.05) is 19.6 Å². The van der Waals surface area contributed by atoms with Crippen molar-refractivity contribution in [2.24, 2.45) is 5.92 Å². The van der Waals surface area contributed by atoms with Crippen LogP contribution in [0, 0.1) is 5.92 Å². The highest BCUT2D eigenvalue weighted by Gasteiger charge is 2.38. The molecule has 2 aliphatic heterocycles. The third kappa shape index (κ3) is 3.14. The van der Waals surface area contributed by atoms with Gasteiger partial charge in [-0.3, -0.25) is 14.1 Å². The number of hydrogen-bond donors (Lipinski definition) is 0. The summed E-state index contributed by atoms with van der Waals surface area (Å²) in [5.74, 6) is 2.05. The van der Waals surface area contributed by atoms with Gasteiger partial charge in [-0.25, -0.2) is 0 Å². The molecule has 4 heterocycles. The number of aromatic nitrogens is 3. The van der Waals surface area contributed by atoms with E-state index in [1.165, 1.54) is 38.5 Å². The van der Waals surface area contributed by atoms with E-state index in [1.807, 2.05) is 24.4 Å². The van der Waals surface area contributed by atoms with Crippen LogP contribution in [-0.4, -0.2) is 56.0 Å². The minimum atomic E-state index is 0.193. The zero-order chi connectivity index (χ0) is 18.2. The molecule has 3 atom stereocenters. The molecule has 0 aromatic carbocycles. The normalized spacial score (nSPS) is 29.2. The van der Waals surface area contributed by atoms with Crippen LogP contribution in [0.3, 0.4) is 0 Å². The third-order valence-corrected chi connectivity index (χ3v) is 6.90. The quantitative estimate of drug-likeness (QED) is 0.837. The Hall–Kier alpha value is -1.95. The summed E-state index contributed by atoms with van der Waals surface area (Å²) < 4.78 is 2.07. The van der Waals surface area contributed by atoms with Crippen LogP contribution in [0.25, 0.3) is 5.65 Å². The first-order valence-corrected chi connectivity index (χ1v) is 10.6. The van der Waals surface area contributed by atoms with Crippen molar-refractivity contribution >= 4 is 11.6 Å². The van der Waals surface area contributed by atoms with E-state index in [0.717, 1.165) is 43.3 Å².